The van der Waals surface area contributed by atoms with Crippen LogP contribution in [0, 0.1) is 3.57 Å². The quantitative estimate of drug-likeness (QED) is 0.128. The van der Waals surface area contributed by atoms with E-state index in [1.807, 2.05) is 34.7 Å². The monoisotopic (exact) mass is 918 g/mol. The van der Waals surface area contributed by atoms with Crippen molar-refractivity contribution in [2.24, 2.45) is 0 Å². The highest BCUT2D eigenvalue weighted by Crippen LogP contribution is 2.39. The third-order valence-corrected chi connectivity index (χ3v) is 13.7. The van der Waals surface area contributed by atoms with Crippen LogP contribution in [-0.2, 0) is 39.7 Å². The van der Waals surface area contributed by atoms with Crippen LogP contribution >= 0.6 is 22.6 Å². The summed E-state index contributed by atoms with van der Waals surface area (Å²) in [6.45, 7) is -0.887. The Morgan fingerprint density at radius 2 is 1.34 bits per heavy atom. The van der Waals surface area contributed by atoms with Gasteiger partial charge in [-0.15, -0.1) is 5.10 Å². The second kappa shape index (κ2) is 17.1. The molecule has 3 N–H and O–H groups in total. The van der Waals surface area contributed by atoms with Crippen molar-refractivity contribution in [3.05, 3.63) is 111 Å². The minimum absolute atomic E-state index is 0.0283. The number of nitrogens with zero attached hydrogens (tertiary/aromatic N) is 5. The number of sulfonamides is 2. The van der Waals surface area contributed by atoms with Gasteiger partial charge in [0.2, 0.25) is 20.0 Å². The van der Waals surface area contributed by atoms with Crippen LogP contribution in [0.5, 0.6) is 17.2 Å². The van der Waals surface area contributed by atoms with Crippen molar-refractivity contribution in [3.8, 4) is 28.5 Å². The molecule has 1 saturated heterocycles. The normalized spacial score (nSPS) is 15.9. The van der Waals surface area contributed by atoms with Crippen molar-refractivity contribution >= 4 is 48.7 Å². The van der Waals surface area contributed by atoms with Crippen molar-refractivity contribution in [2.75, 3.05) is 34.4 Å². The van der Waals surface area contributed by atoms with Crippen LogP contribution in [0.4, 0.5) is 4.79 Å². The van der Waals surface area contributed by atoms with Gasteiger partial charge in [0.1, 0.15) is 27.0 Å². The highest BCUT2D eigenvalue weighted by atomic mass is 127. The lowest BCUT2D eigenvalue weighted by Gasteiger charge is -2.27. The van der Waals surface area contributed by atoms with E-state index in [1.54, 1.807) is 67.8 Å². The molecule has 0 saturated carbocycles. The van der Waals surface area contributed by atoms with E-state index in [2.05, 4.69) is 15.0 Å². The Labute approximate surface area is 337 Å². The third-order valence-electron chi connectivity index (χ3n) is 9.23. The number of ether oxygens (including phenoxy) is 3. The first-order valence-electron chi connectivity index (χ1n) is 17.0. The van der Waals surface area contributed by atoms with E-state index < -0.39 is 48.1 Å². The Morgan fingerprint density at radius 3 is 1.82 bits per heavy atom. The van der Waals surface area contributed by atoms with Gasteiger partial charge >= 0.3 is 6.09 Å². The summed E-state index contributed by atoms with van der Waals surface area (Å²) in [6, 6.07) is 22.2. The molecule has 296 valence electrons. The number of aliphatic hydroxyl groups excluding tert-OH is 1. The number of halogens is 1. The summed E-state index contributed by atoms with van der Waals surface area (Å²) in [5, 5.41) is 28.6. The number of aromatic nitrogens is 3. The molecule has 0 radical (unpaired) electrons. The molecule has 5 aromatic rings. The number of amides is 1. The van der Waals surface area contributed by atoms with E-state index in [4.69, 9.17) is 14.2 Å². The van der Waals surface area contributed by atoms with Crippen LogP contribution in [0.25, 0.3) is 11.3 Å². The van der Waals surface area contributed by atoms with Crippen LogP contribution in [-0.4, -0.2) is 104 Å². The first-order chi connectivity index (χ1) is 26.7. The van der Waals surface area contributed by atoms with Crippen LogP contribution < -0.4 is 18.9 Å². The van der Waals surface area contributed by atoms with Gasteiger partial charge in [0.25, 0.3) is 0 Å². The fraction of sp³-hybridized carbons (Fsp3) is 0.270. The topological polar surface area (TPSA) is 203 Å². The summed E-state index contributed by atoms with van der Waals surface area (Å²) < 4.78 is 81.3. The number of carboxylic acid groups (broad SMARTS) is 1. The van der Waals surface area contributed by atoms with Crippen molar-refractivity contribution in [3.63, 3.8) is 0 Å². The van der Waals surface area contributed by atoms with E-state index in [1.165, 1.54) is 41.5 Å². The Balaban J connectivity index is 1.54. The van der Waals surface area contributed by atoms with Crippen molar-refractivity contribution in [2.45, 2.75) is 41.6 Å². The molecule has 1 amide bonds. The molecule has 1 aliphatic rings. The Bertz CT molecular complexity index is 2350. The van der Waals surface area contributed by atoms with E-state index in [-0.39, 0.29) is 44.0 Å². The maximum atomic E-state index is 15.5. The molecule has 4 aromatic carbocycles. The molecule has 0 spiro atoms. The number of nitrogens with one attached hydrogen (secondary N) is 1. The van der Waals surface area contributed by atoms with E-state index >= 15 is 8.42 Å². The molecule has 16 nitrogen and oxygen atoms in total. The molecule has 2 atom stereocenters. The molecule has 6 rings (SSSR count). The predicted molar refractivity (Wildman–Crippen MR) is 212 cm³/mol. The summed E-state index contributed by atoms with van der Waals surface area (Å²) in [7, 11) is -5.00. The lowest BCUT2D eigenvalue weighted by Crippen LogP contribution is -2.43. The predicted octanol–water partition coefficient (Wildman–Crippen LogP) is 4.02. The Hall–Kier alpha value is -4.80. The second-order valence-corrected chi connectivity index (χ2v) is 17.5. The van der Waals surface area contributed by atoms with Gasteiger partial charge in [-0.1, -0.05) is 41.6 Å². The molecule has 0 aliphatic carbocycles. The lowest BCUT2D eigenvalue weighted by molar-refractivity contribution is 0.138. The minimum Gasteiger partial charge on any atom is -0.497 e. The molecule has 1 aromatic heterocycles. The van der Waals surface area contributed by atoms with Crippen LogP contribution in [0.2, 0.25) is 0 Å². The van der Waals surface area contributed by atoms with Gasteiger partial charge in [-0.25, -0.2) is 31.0 Å². The van der Waals surface area contributed by atoms with Crippen LogP contribution in [0.1, 0.15) is 16.7 Å². The number of hydrogen-bond donors (Lipinski definition) is 3. The number of hydrogen-bond acceptors (Lipinski definition) is 11. The van der Waals surface area contributed by atoms with E-state index in [0.717, 1.165) is 10.5 Å². The molecule has 2 unspecified atom stereocenters. The summed E-state index contributed by atoms with van der Waals surface area (Å²) >= 11 is 1.96. The molecule has 2 heterocycles. The molecular weight excluding hydrogens is 879 g/mol. The zero-order valence-corrected chi connectivity index (χ0v) is 34.2. The van der Waals surface area contributed by atoms with Crippen molar-refractivity contribution in [1.29, 1.82) is 0 Å². The summed E-state index contributed by atoms with van der Waals surface area (Å²) in [5.41, 5.74) is 2.20. The smallest absolute Gasteiger partial charge is 0.407 e. The van der Waals surface area contributed by atoms with Gasteiger partial charge in [0.15, 0.2) is 0 Å². The molecule has 19 heteroatoms. The lowest BCUT2D eigenvalue weighted by atomic mass is 10.1. The Kier molecular flexibility index (Phi) is 12.5. The van der Waals surface area contributed by atoms with Crippen LogP contribution in [0.15, 0.2) is 101 Å². The average Bonchev–Trinajstić information content (AvgIpc) is 3.80. The molecule has 1 aliphatic heterocycles. The number of aliphatic hydroxyl groups is 1. The largest absolute Gasteiger partial charge is 0.497 e. The maximum Gasteiger partial charge on any atom is 0.407 e. The first-order valence-corrected chi connectivity index (χ1v) is 21.0. The molecule has 56 heavy (non-hydrogen) atoms. The SMILES string of the molecule is COc1ccc(CN(Cc2ccc(OC)cc2)S(=O)(=O)c2c(S(=O)(=O)NC3CN(C(=O)O)CC3O)ccc(I)c2-c2cnnn2Cc2ccc(OC)cc2)cc1. The van der Waals surface area contributed by atoms with Gasteiger partial charge in [-0.2, -0.15) is 4.31 Å². The molecule has 1 fully saturated rings. The summed E-state index contributed by atoms with van der Waals surface area (Å²) in [4.78, 5) is 11.4. The highest BCUT2D eigenvalue weighted by molar-refractivity contribution is 14.1. The highest BCUT2D eigenvalue weighted by Gasteiger charge is 2.41. The van der Waals surface area contributed by atoms with Gasteiger partial charge in [-0.05, 0) is 87.8 Å². The van der Waals surface area contributed by atoms with Gasteiger partial charge in [0.05, 0.1) is 58.5 Å². The van der Waals surface area contributed by atoms with E-state index in [0.29, 0.717) is 31.9 Å². The Morgan fingerprint density at radius 1 is 0.821 bits per heavy atom. The number of β-amino-alcohol motifs (C(OH)–C–C–N with tert-alkyl or cyclic N) is 1. The summed E-state index contributed by atoms with van der Waals surface area (Å²) in [5.74, 6) is 1.75. The van der Waals surface area contributed by atoms with Gasteiger partial charge in [0, 0.05) is 28.8 Å². The van der Waals surface area contributed by atoms with Crippen molar-refractivity contribution < 1.29 is 46.1 Å². The number of carbonyl (C=O) groups is 1. The van der Waals surface area contributed by atoms with Gasteiger partial charge < -0.3 is 29.3 Å². The number of likely N-dealkylation sites (tertiary alicyclic amines) is 1. The van der Waals surface area contributed by atoms with Gasteiger partial charge in [-0.3, -0.25) is 0 Å². The van der Waals surface area contributed by atoms with Crippen LogP contribution in [0.3, 0.4) is 0 Å². The number of methoxy groups -OCH3 is 3. The second-order valence-electron chi connectivity index (χ2n) is 12.8. The molecular formula is C37H39IN6O10S2. The first kappa shape index (κ1) is 40.9. The number of benzene rings is 4. The maximum absolute atomic E-state index is 15.5. The standard InChI is InChI=1S/C37H39IN6O10S2/c1-52-27-10-4-24(5-11-27)19-43(20-25-6-12-28(53-2)13-7-25)56(50,51)36-34(55(48,49)40-31-22-42(37(46)47)23-33(31)45)17-16-30(38)35(36)32-18-39-41-44(32)21-26-8-14-29(54-3)15-9-26/h4-18,31,33,40,45H,19-23H2,1-3H3,(H,46,47). The fourth-order valence-electron chi connectivity index (χ4n) is 6.26. The van der Waals surface area contributed by atoms with E-state index in [9.17, 15) is 23.4 Å². The zero-order chi connectivity index (χ0) is 40.2. The average molecular weight is 919 g/mol. The summed E-state index contributed by atoms with van der Waals surface area (Å²) in [6.07, 6.45) is -1.36. The molecule has 0 bridgehead atoms. The fourth-order valence-corrected chi connectivity index (χ4v) is 10.9. The zero-order valence-electron chi connectivity index (χ0n) is 30.4. The third kappa shape index (κ3) is 8.92. The number of rotatable bonds is 15. The van der Waals surface area contributed by atoms with Crippen molar-refractivity contribution in [1.82, 2.24) is 28.9 Å². The minimum atomic E-state index is -4.80.